The van der Waals surface area contributed by atoms with Crippen molar-refractivity contribution in [2.45, 2.75) is 32.2 Å². The summed E-state index contributed by atoms with van der Waals surface area (Å²) in [5, 5.41) is 14.0. The third-order valence-corrected chi connectivity index (χ3v) is 2.63. The number of hydrogen-bond acceptors (Lipinski definition) is 4. The van der Waals surface area contributed by atoms with Crippen molar-refractivity contribution in [1.29, 1.82) is 0 Å². The number of carboxylic acid groups (broad SMARTS) is 1. The summed E-state index contributed by atoms with van der Waals surface area (Å²) in [6.07, 6.45) is 0.413. The van der Waals surface area contributed by atoms with Gasteiger partial charge in [0, 0.05) is 25.0 Å². The van der Waals surface area contributed by atoms with Gasteiger partial charge in [0.2, 0.25) is 0 Å². The Balaban J connectivity index is 3.69. The average Bonchev–Trinajstić information content (AvgIpc) is 2.30. The summed E-state index contributed by atoms with van der Waals surface area (Å²) in [4.78, 5) is 24.1. The van der Waals surface area contributed by atoms with Crippen LogP contribution in [-0.2, 0) is 9.53 Å². The summed E-state index contributed by atoms with van der Waals surface area (Å²) in [5.41, 5.74) is -0.547. The smallest absolute Gasteiger partial charge is 0.315 e. The second kappa shape index (κ2) is 9.55. The van der Waals surface area contributed by atoms with E-state index in [2.05, 4.69) is 10.6 Å². The lowest BCUT2D eigenvalue weighted by Gasteiger charge is -2.25. The second-order valence-electron chi connectivity index (χ2n) is 5.57. The number of nitrogens with one attached hydrogen (secondary N) is 2. The minimum atomic E-state index is -0.866. The van der Waals surface area contributed by atoms with Gasteiger partial charge in [-0.2, -0.15) is 0 Å². The van der Waals surface area contributed by atoms with Crippen LogP contribution >= 0.6 is 0 Å². The van der Waals surface area contributed by atoms with Gasteiger partial charge in [-0.3, -0.25) is 4.79 Å². The summed E-state index contributed by atoms with van der Waals surface area (Å²) in [7, 11) is 3.93. The van der Waals surface area contributed by atoms with Gasteiger partial charge in [0.1, 0.15) is 0 Å². The maximum absolute atomic E-state index is 11.6. The minimum absolute atomic E-state index is 0.0287. The summed E-state index contributed by atoms with van der Waals surface area (Å²) in [6.45, 7) is 5.94. The molecule has 0 aromatic carbocycles. The van der Waals surface area contributed by atoms with Gasteiger partial charge in [0.15, 0.2) is 0 Å². The van der Waals surface area contributed by atoms with E-state index in [1.807, 2.05) is 19.0 Å². The first-order valence-corrected chi connectivity index (χ1v) is 6.73. The molecule has 3 N–H and O–H groups in total. The molecule has 0 aliphatic heterocycles. The molecule has 118 valence electrons. The topological polar surface area (TPSA) is 90.9 Å². The highest BCUT2D eigenvalue weighted by Crippen LogP contribution is 2.10. The largest absolute Gasteiger partial charge is 0.481 e. The molecule has 7 nitrogen and oxygen atoms in total. The summed E-state index contributed by atoms with van der Waals surface area (Å²) in [6, 6.07) is -0.309. The molecule has 0 rings (SSSR count). The third-order valence-electron chi connectivity index (χ3n) is 2.63. The molecule has 2 amide bonds. The number of carbonyl (C=O) groups is 2. The lowest BCUT2D eigenvalue weighted by Crippen LogP contribution is -2.49. The first-order valence-electron chi connectivity index (χ1n) is 6.73. The molecule has 0 radical (unpaired) electrons. The predicted molar refractivity (Wildman–Crippen MR) is 76.9 cm³/mol. The molecular weight excluding hydrogens is 262 g/mol. The summed E-state index contributed by atoms with van der Waals surface area (Å²) in [5.74, 6) is -0.866. The van der Waals surface area contributed by atoms with Crippen LogP contribution in [0.15, 0.2) is 0 Å². The van der Waals surface area contributed by atoms with E-state index in [9.17, 15) is 9.59 Å². The number of hydrogen-bond donors (Lipinski definition) is 3. The third kappa shape index (κ3) is 11.7. The highest BCUT2D eigenvalue weighted by molar-refractivity contribution is 5.74. The summed E-state index contributed by atoms with van der Waals surface area (Å²) < 4.78 is 5.34. The van der Waals surface area contributed by atoms with Crippen molar-refractivity contribution in [2.75, 3.05) is 40.4 Å². The van der Waals surface area contributed by atoms with E-state index in [1.165, 1.54) is 0 Å². The quantitative estimate of drug-likeness (QED) is 0.510. The molecule has 0 bridgehead atoms. The molecule has 0 aromatic heterocycles. The number of rotatable bonds is 10. The van der Waals surface area contributed by atoms with Crippen molar-refractivity contribution < 1.29 is 19.4 Å². The van der Waals surface area contributed by atoms with E-state index in [-0.39, 0.29) is 12.5 Å². The van der Waals surface area contributed by atoms with Crippen molar-refractivity contribution in [1.82, 2.24) is 15.5 Å². The molecule has 20 heavy (non-hydrogen) atoms. The van der Waals surface area contributed by atoms with Crippen molar-refractivity contribution in [3.05, 3.63) is 0 Å². The van der Waals surface area contributed by atoms with Crippen LogP contribution in [0.3, 0.4) is 0 Å². The van der Waals surface area contributed by atoms with E-state index in [4.69, 9.17) is 9.84 Å². The van der Waals surface area contributed by atoms with Crippen LogP contribution in [0, 0.1) is 0 Å². The maximum atomic E-state index is 11.6. The SMILES string of the molecule is CN(C)CCOCCNC(=O)NC(C)(C)CCC(=O)O. The number of nitrogens with zero attached hydrogens (tertiary/aromatic N) is 1. The number of amides is 2. The fourth-order valence-corrected chi connectivity index (χ4v) is 1.42. The van der Waals surface area contributed by atoms with E-state index in [0.717, 1.165) is 6.54 Å². The van der Waals surface area contributed by atoms with Crippen molar-refractivity contribution in [2.24, 2.45) is 0 Å². The van der Waals surface area contributed by atoms with Gasteiger partial charge in [-0.05, 0) is 34.4 Å². The zero-order valence-electron chi connectivity index (χ0n) is 12.9. The highest BCUT2D eigenvalue weighted by atomic mass is 16.5. The Morgan fingerprint density at radius 3 is 2.45 bits per heavy atom. The van der Waals surface area contributed by atoms with Crippen LogP contribution in [0.5, 0.6) is 0 Å². The molecule has 0 heterocycles. The van der Waals surface area contributed by atoms with Crippen LogP contribution in [0.1, 0.15) is 26.7 Å². The fourth-order valence-electron chi connectivity index (χ4n) is 1.42. The molecule has 0 unspecified atom stereocenters. The van der Waals surface area contributed by atoms with Gasteiger partial charge in [-0.25, -0.2) is 4.79 Å². The Hall–Kier alpha value is -1.34. The van der Waals surface area contributed by atoms with Crippen molar-refractivity contribution >= 4 is 12.0 Å². The van der Waals surface area contributed by atoms with Gasteiger partial charge < -0.3 is 25.4 Å². The van der Waals surface area contributed by atoms with Crippen LogP contribution in [0.4, 0.5) is 4.79 Å². The molecule has 0 saturated heterocycles. The lowest BCUT2D eigenvalue weighted by atomic mass is 9.99. The van der Waals surface area contributed by atoms with Gasteiger partial charge >= 0.3 is 12.0 Å². The maximum Gasteiger partial charge on any atom is 0.315 e. The van der Waals surface area contributed by atoms with Crippen LogP contribution in [0.25, 0.3) is 0 Å². The van der Waals surface area contributed by atoms with Crippen LogP contribution in [0.2, 0.25) is 0 Å². The van der Waals surface area contributed by atoms with E-state index in [0.29, 0.717) is 26.2 Å². The van der Waals surface area contributed by atoms with Gasteiger partial charge in [-0.1, -0.05) is 0 Å². The number of carboxylic acids is 1. The normalized spacial score (nSPS) is 11.4. The standard InChI is InChI=1S/C13H27N3O4/c1-13(2,6-5-11(17)18)15-12(19)14-7-9-20-10-8-16(3)4/h5-10H2,1-4H3,(H,17,18)(H2,14,15,19). The molecule has 7 heteroatoms. The van der Waals surface area contributed by atoms with E-state index >= 15 is 0 Å². The monoisotopic (exact) mass is 289 g/mol. The molecule has 0 atom stereocenters. The average molecular weight is 289 g/mol. The highest BCUT2D eigenvalue weighted by Gasteiger charge is 2.21. The predicted octanol–water partition coefficient (Wildman–Crippen LogP) is 0.507. The van der Waals surface area contributed by atoms with Gasteiger partial charge in [-0.15, -0.1) is 0 Å². The first-order chi connectivity index (χ1) is 9.23. The number of aliphatic carboxylic acids is 1. The molecule has 0 aromatic rings. The molecule has 0 aliphatic carbocycles. The Kier molecular flexibility index (Phi) is 8.91. The van der Waals surface area contributed by atoms with Crippen LogP contribution < -0.4 is 10.6 Å². The number of ether oxygens (including phenoxy) is 1. The van der Waals surface area contributed by atoms with E-state index in [1.54, 1.807) is 13.8 Å². The second-order valence-corrected chi connectivity index (χ2v) is 5.57. The number of likely N-dealkylation sites (N-methyl/N-ethyl adjacent to an activating group) is 1. The van der Waals surface area contributed by atoms with Crippen molar-refractivity contribution in [3.8, 4) is 0 Å². The molecule has 0 aliphatic rings. The number of carbonyl (C=O) groups excluding carboxylic acids is 1. The van der Waals surface area contributed by atoms with Crippen molar-refractivity contribution in [3.63, 3.8) is 0 Å². The van der Waals surface area contributed by atoms with E-state index < -0.39 is 11.5 Å². The van der Waals surface area contributed by atoms with Gasteiger partial charge in [0.05, 0.1) is 13.2 Å². The Morgan fingerprint density at radius 1 is 1.25 bits per heavy atom. The van der Waals surface area contributed by atoms with Gasteiger partial charge in [0.25, 0.3) is 0 Å². The molecule has 0 saturated carbocycles. The lowest BCUT2D eigenvalue weighted by molar-refractivity contribution is -0.137. The zero-order chi connectivity index (χ0) is 15.6. The Morgan fingerprint density at radius 2 is 1.90 bits per heavy atom. The molecular formula is C13H27N3O4. The molecule has 0 fully saturated rings. The minimum Gasteiger partial charge on any atom is -0.481 e. The Bertz CT molecular complexity index is 306. The molecule has 0 spiro atoms. The van der Waals surface area contributed by atoms with Crippen LogP contribution in [-0.4, -0.2) is 67.9 Å². The fraction of sp³-hybridized carbons (Fsp3) is 0.846. The Labute approximate surface area is 120 Å². The number of urea groups is 1. The zero-order valence-corrected chi connectivity index (χ0v) is 12.9. The first kappa shape index (κ1) is 18.7. The summed E-state index contributed by atoms with van der Waals surface area (Å²) >= 11 is 0.